The number of methoxy groups -OCH3 is 1. The summed E-state index contributed by atoms with van der Waals surface area (Å²) in [5.41, 5.74) is 7.49. The second-order valence-electron chi connectivity index (χ2n) is 5.34. The van der Waals surface area contributed by atoms with Crippen molar-refractivity contribution < 1.29 is 9.84 Å². The molecule has 4 nitrogen and oxygen atoms in total. The van der Waals surface area contributed by atoms with E-state index in [-0.39, 0.29) is 12.6 Å². The zero-order valence-corrected chi connectivity index (χ0v) is 12.6. The third-order valence-corrected chi connectivity index (χ3v) is 3.95. The van der Waals surface area contributed by atoms with Crippen LogP contribution in [-0.4, -0.2) is 42.9 Å². The van der Waals surface area contributed by atoms with Crippen molar-refractivity contribution in [2.75, 3.05) is 26.8 Å². The number of nitrogens with two attached hydrogens (primary N) is 1. The monoisotopic (exact) mass is 288 g/mol. The van der Waals surface area contributed by atoms with Gasteiger partial charge in [0.05, 0.1) is 20.3 Å². The molecule has 1 aromatic carbocycles. The van der Waals surface area contributed by atoms with Gasteiger partial charge >= 0.3 is 0 Å². The van der Waals surface area contributed by atoms with Crippen LogP contribution in [0.4, 0.5) is 0 Å². The van der Waals surface area contributed by atoms with Crippen LogP contribution in [0.2, 0.25) is 0 Å². The van der Waals surface area contributed by atoms with Gasteiger partial charge in [0.2, 0.25) is 0 Å². The van der Waals surface area contributed by atoms with Gasteiger partial charge in [0.1, 0.15) is 5.75 Å². The number of hydrogen-bond acceptors (Lipinski definition) is 4. The minimum absolute atomic E-state index is 0.217. The van der Waals surface area contributed by atoms with Gasteiger partial charge in [0.15, 0.2) is 0 Å². The Kier molecular flexibility index (Phi) is 6.06. The molecule has 1 heterocycles. The highest BCUT2D eigenvalue weighted by molar-refractivity contribution is 5.44. The number of rotatable bonds is 4. The van der Waals surface area contributed by atoms with Crippen molar-refractivity contribution in [2.24, 2.45) is 5.73 Å². The van der Waals surface area contributed by atoms with Crippen LogP contribution in [-0.2, 0) is 6.54 Å². The normalized spacial score (nSPS) is 18.9. The number of likely N-dealkylation sites (tertiary alicyclic amines) is 1. The highest BCUT2D eigenvalue weighted by Crippen LogP contribution is 2.25. The lowest BCUT2D eigenvalue weighted by Crippen LogP contribution is -2.41. The molecule has 0 radical (unpaired) electrons. The van der Waals surface area contributed by atoms with E-state index >= 15 is 0 Å². The summed E-state index contributed by atoms with van der Waals surface area (Å²) in [6.07, 6.45) is 3.44. The van der Waals surface area contributed by atoms with Gasteiger partial charge in [-0.1, -0.05) is 18.3 Å². The Morgan fingerprint density at radius 1 is 1.43 bits per heavy atom. The molecule has 1 fully saturated rings. The first kappa shape index (κ1) is 15.8. The fourth-order valence-corrected chi connectivity index (χ4v) is 2.83. The van der Waals surface area contributed by atoms with Crippen molar-refractivity contribution in [2.45, 2.75) is 31.8 Å². The Bertz CT molecular complexity index is 519. The van der Waals surface area contributed by atoms with E-state index in [9.17, 15) is 5.11 Å². The molecule has 1 aliphatic rings. The molecular weight excluding hydrogens is 264 g/mol. The molecule has 1 unspecified atom stereocenters. The fraction of sp³-hybridized carbons (Fsp3) is 0.529. The molecule has 1 saturated heterocycles. The van der Waals surface area contributed by atoms with Crippen LogP contribution in [0.1, 0.15) is 30.4 Å². The van der Waals surface area contributed by atoms with Gasteiger partial charge in [0.25, 0.3) is 0 Å². The Morgan fingerprint density at radius 2 is 2.29 bits per heavy atom. The zero-order valence-electron chi connectivity index (χ0n) is 12.6. The first-order chi connectivity index (χ1) is 10.3. The maximum atomic E-state index is 9.53. The third kappa shape index (κ3) is 4.21. The van der Waals surface area contributed by atoms with Gasteiger partial charge in [-0.25, -0.2) is 0 Å². The average Bonchev–Trinajstić information content (AvgIpc) is 2.53. The molecule has 0 aromatic heterocycles. The van der Waals surface area contributed by atoms with Gasteiger partial charge in [-0.05, 0) is 37.6 Å². The topological polar surface area (TPSA) is 58.7 Å². The van der Waals surface area contributed by atoms with Crippen molar-refractivity contribution in [1.29, 1.82) is 0 Å². The first-order valence-electron chi connectivity index (χ1n) is 7.49. The van der Waals surface area contributed by atoms with Crippen LogP contribution in [0.5, 0.6) is 5.75 Å². The van der Waals surface area contributed by atoms with Crippen molar-refractivity contribution in [3.8, 4) is 17.6 Å². The Labute approximate surface area is 126 Å². The van der Waals surface area contributed by atoms with Crippen LogP contribution >= 0.6 is 0 Å². The highest BCUT2D eigenvalue weighted by atomic mass is 16.5. The van der Waals surface area contributed by atoms with Crippen LogP contribution in [0.15, 0.2) is 18.2 Å². The number of nitrogens with zero attached hydrogens (tertiary/aromatic N) is 1. The average molecular weight is 288 g/mol. The van der Waals surface area contributed by atoms with Crippen molar-refractivity contribution in [3.05, 3.63) is 29.3 Å². The number of hydrogen-bond donors (Lipinski definition) is 2. The molecule has 3 N–H and O–H groups in total. The van der Waals surface area contributed by atoms with E-state index in [2.05, 4.69) is 22.8 Å². The van der Waals surface area contributed by atoms with Crippen molar-refractivity contribution in [1.82, 2.24) is 4.90 Å². The molecule has 2 rings (SSSR count). The van der Waals surface area contributed by atoms with E-state index in [1.807, 2.05) is 12.1 Å². The lowest BCUT2D eigenvalue weighted by molar-refractivity contribution is 0.0834. The largest absolute Gasteiger partial charge is 0.496 e. The summed E-state index contributed by atoms with van der Waals surface area (Å²) < 4.78 is 5.45. The van der Waals surface area contributed by atoms with E-state index in [1.54, 1.807) is 7.11 Å². The fourth-order valence-electron chi connectivity index (χ4n) is 2.83. The summed E-state index contributed by atoms with van der Waals surface area (Å²) in [6, 6.07) is 6.21. The maximum Gasteiger partial charge on any atom is 0.123 e. The van der Waals surface area contributed by atoms with E-state index in [0.29, 0.717) is 6.54 Å². The van der Waals surface area contributed by atoms with Gasteiger partial charge in [-0.3, -0.25) is 4.90 Å². The van der Waals surface area contributed by atoms with Crippen LogP contribution in [0.25, 0.3) is 0 Å². The van der Waals surface area contributed by atoms with Gasteiger partial charge in [-0.2, -0.15) is 0 Å². The minimum atomic E-state index is 0.217. The number of piperidine rings is 1. The smallest absolute Gasteiger partial charge is 0.123 e. The highest BCUT2D eigenvalue weighted by Gasteiger charge is 2.22. The molecule has 1 aromatic rings. The van der Waals surface area contributed by atoms with Gasteiger partial charge < -0.3 is 15.6 Å². The standard InChI is InChI=1S/C17H24N2O2/c1-21-17-8-7-14(5-4-9-18)11-15(17)12-19-10-3-2-6-16(19)13-20/h7-8,11,16,20H,2-3,6,9-10,12-13,18H2,1H3. The quantitative estimate of drug-likeness (QED) is 0.821. The summed E-state index contributed by atoms with van der Waals surface area (Å²) in [7, 11) is 1.68. The number of aliphatic hydroxyl groups excluding tert-OH is 1. The molecule has 4 heteroatoms. The first-order valence-corrected chi connectivity index (χ1v) is 7.49. The Morgan fingerprint density at radius 3 is 3.00 bits per heavy atom. The molecule has 21 heavy (non-hydrogen) atoms. The summed E-state index contributed by atoms with van der Waals surface area (Å²) in [6.45, 7) is 2.38. The lowest BCUT2D eigenvalue weighted by atomic mass is 10.0. The van der Waals surface area contributed by atoms with Crippen LogP contribution in [0.3, 0.4) is 0 Å². The molecule has 1 atom stereocenters. The summed E-state index contributed by atoms with van der Waals surface area (Å²) in [5.74, 6) is 6.81. The molecule has 0 aliphatic carbocycles. The van der Waals surface area contributed by atoms with Crippen LogP contribution in [0, 0.1) is 11.8 Å². The maximum absolute atomic E-state index is 9.53. The number of ether oxygens (including phenoxy) is 1. The lowest BCUT2D eigenvalue weighted by Gasteiger charge is -2.34. The summed E-state index contributed by atoms with van der Waals surface area (Å²) in [4.78, 5) is 2.33. The second-order valence-corrected chi connectivity index (χ2v) is 5.34. The molecule has 0 spiro atoms. The molecule has 1 aliphatic heterocycles. The molecule has 0 saturated carbocycles. The predicted molar refractivity (Wildman–Crippen MR) is 84.1 cm³/mol. The SMILES string of the molecule is COc1ccc(C#CCN)cc1CN1CCCCC1CO. The summed E-state index contributed by atoms with van der Waals surface area (Å²) in [5, 5.41) is 9.53. The Hall–Kier alpha value is -1.54. The van der Waals surface area contributed by atoms with E-state index in [0.717, 1.165) is 36.4 Å². The van der Waals surface area contributed by atoms with E-state index in [4.69, 9.17) is 10.5 Å². The van der Waals surface area contributed by atoms with E-state index < -0.39 is 0 Å². The predicted octanol–water partition coefficient (Wildman–Crippen LogP) is 1.35. The molecule has 0 bridgehead atoms. The molecular formula is C17H24N2O2. The molecule has 114 valence electrons. The van der Waals surface area contributed by atoms with Crippen molar-refractivity contribution >= 4 is 0 Å². The van der Waals surface area contributed by atoms with Gasteiger partial charge in [-0.15, -0.1) is 0 Å². The zero-order chi connectivity index (χ0) is 15.1. The van der Waals surface area contributed by atoms with Gasteiger partial charge in [0, 0.05) is 23.7 Å². The number of aliphatic hydroxyl groups is 1. The second kappa shape index (κ2) is 8.04. The van der Waals surface area contributed by atoms with E-state index in [1.165, 1.54) is 12.8 Å². The molecule has 0 amide bonds. The van der Waals surface area contributed by atoms with Crippen LogP contribution < -0.4 is 10.5 Å². The summed E-state index contributed by atoms with van der Waals surface area (Å²) >= 11 is 0. The third-order valence-electron chi connectivity index (χ3n) is 3.95. The number of benzene rings is 1. The Balaban J connectivity index is 2.19. The minimum Gasteiger partial charge on any atom is -0.496 e. The van der Waals surface area contributed by atoms with Crippen molar-refractivity contribution in [3.63, 3.8) is 0 Å².